The number of hydrogen-bond donors (Lipinski definition) is 1. The van der Waals surface area contributed by atoms with Crippen molar-refractivity contribution < 1.29 is 4.79 Å². The van der Waals surface area contributed by atoms with E-state index in [0.29, 0.717) is 21.8 Å². The molecule has 2 aromatic carbocycles. The Morgan fingerprint density at radius 3 is 2.67 bits per heavy atom. The fourth-order valence-electron chi connectivity index (χ4n) is 2.51. The van der Waals surface area contributed by atoms with Crippen LogP contribution in [0.5, 0.6) is 0 Å². The summed E-state index contributed by atoms with van der Waals surface area (Å²) in [4.78, 5) is 12.7. The van der Waals surface area contributed by atoms with Crippen molar-refractivity contribution in [3.8, 4) is 0 Å². The van der Waals surface area contributed by atoms with Gasteiger partial charge in [-0.25, -0.2) is 0 Å². The molecule has 0 atom stereocenters. The van der Waals surface area contributed by atoms with E-state index in [0.717, 1.165) is 16.5 Å². The highest BCUT2D eigenvalue weighted by Gasteiger charge is 2.16. The van der Waals surface area contributed by atoms with E-state index in [9.17, 15) is 4.79 Å². The SMILES string of the molecule is Cc1cc(C(=O)c2cn(C)c3cc(Cl)ccc23)ccc1N. The summed E-state index contributed by atoms with van der Waals surface area (Å²) in [7, 11) is 1.91. The molecule has 0 saturated carbocycles. The molecular weight excluding hydrogens is 284 g/mol. The smallest absolute Gasteiger partial charge is 0.195 e. The molecule has 0 radical (unpaired) electrons. The average molecular weight is 299 g/mol. The van der Waals surface area contributed by atoms with Crippen molar-refractivity contribution in [3.63, 3.8) is 0 Å². The van der Waals surface area contributed by atoms with Gasteiger partial charge in [0.05, 0.1) is 0 Å². The summed E-state index contributed by atoms with van der Waals surface area (Å²) in [6.45, 7) is 1.90. The molecule has 21 heavy (non-hydrogen) atoms. The predicted octanol–water partition coefficient (Wildman–Crippen LogP) is 3.95. The number of anilines is 1. The lowest BCUT2D eigenvalue weighted by Gasteiger charge is -2.04. The fourth-order valence-corrected chi connectivity index (χ4v) is 2.68. The Balaban J connectivity index is 2.15. The van der Waals surface area contributed by atoms with Gasteiger partial charge < -0.3 is 10.3 Å². The van der Waals surface area contributed by atoms with Crippen LogP contribution in [-0.2, 0) is 7.05 Å². The van der Waals surface area contributed by atoms with Crippen LogP contribution in [0.2, 0.25) is 5.02 Å². The minimum absolute atomic E-state index is 0.00831. The Bertz CT molecular complexity index is 865. The van der Waals surface area contributed by atoms with E-state index in [1.165, 1.54) is 0 Å². The molecule has 2 N–H and O–H groups in total. The highest BCUT2D eigenvalue weighted by atomic mass is 35.5. The van der Waals surface area contributed by atoms with Gasteiger partial charge >= 0.3 is 0 Å². The normalized spacial score (nSPS) is 11.0. The maximum absolute atomic E-state index is 12.7. The second-order valence-corrected chi connectivity index (χ2v) is 5.65. The maximum Gasteiger partial charge on any atom is 0.195 e. The van der Waals surface area contributed by atoms with Gasteiger partial charge in [0.15, 0.2) is 5.78 Å². The summed E-state index contributed by atoms with van der Waals surface area (Å²) < 4.78 is 1.92. The third-order valence-electron chi connectivity index (χ3n) is 3.73. The number of aryl methyl sites for hydroxylation is 2. The molecule has 4 heteroatoms. The molecule has 0 unspecified atom stereocenters. The van der Waals surface area contributed by atoms with Crippen molar-refractivity contribution in [2.75, 3.05) is 5.73 Å². The molecule has 3 rings (SSSR count). The number of fused-ring (bicyclic) bond motifs is 1. The van der Waals surface area contributed by atoms with Gasteiger partial charge in [-0.3, -0.25) is 4.79 Å². The zero-order chi connectivity index (χ0) is 15.1. The molecule has 0 aliphatic carbocycles. The van der Waals surface area contributed by atoms with Crippen LogP contribution >= 0.6 is 11.6 Å². The second-order valence-electron chi connectivity index (χ2n) is 5.22. The second kappa shape index (κ2) is 4.93. The Kier molecular flexibility index (Phi) is 3.22. The number of aromatic nitrogens is 1. The quantitative estimate of drug-likeness (QED) is 0.575. The van der Waals surface area contributed by atoms with Crippen molar-refractivity contribution in [2.45, 2.75) is 6.92 Å². The van der Waals surface area contributed by atoms with Crippen LogP contribution in [0.3, 0.4) is 0 Å². The monoisotopic (exact) mass is 298 g/mol. The van der Waals surface area contributed by atoms with E-state index in [4.69, 9.17) is 17.3 Å². The van der Waals surface area contributed by atoms with Crippen molar-refractivity contribution >= 4 is 34.0 Å². The molecule has 0 amide bonds. The molecule has 0 aliphatic rings. The molecule has 0 spiro atoms. The third-order valence-corrected chi connectivity index (χ3v) is 3.96. The van der Waals surface area contributed by atoms with E-state index < -0.39 is 0 Å². The number of carbonyl (C=O) groups excluding carboxylic acids is 1. The standard InChI is InChI=1S/C17H15ClN2O/c1-10-7-11(3-6-15(10)19)17(21)14-9-20(2)16-8-12(18)4-5-13(14)16/h3-9H,19H2,1-2H3. The number of halogens is 1. The summed E-state index contributed by atoms with van der Waals surface area (Å²) in [6, 6.07) is 10.9. The first-order chi connectivity index (χ1) is 9.97. The minimum Gasteiger partial charge on any atom is -0.399 e. The van der Waals surface area contributed by atoms with Crippen LogP contribution in [-0.4, -0.2) is 10.4 Å². The topological polar surface area (TPSA) is 48.0 Å². The summed E-state index contributed by atoms with van der Waals surface area (Å²) >= 11 is 6.02. The van der Waals surface area contributed by atoms with Crippen LogP contribution in [0.1, 0.15) is 21.5 Å². The number of hydrogen-bond acceptors (Lipinski definition) is 2. The van der Waals surface area contributed by atoms with E-state index in [1.54, 1.807) is 18.2 Å². The molecule has 1 aromatic heterocycles. The van der Waals surface area contributed by atoms with E-state index in [1.807, 2.05) is 42.9 Å². The van der Waals surface area contributed by atoms with Gasteiger partial charge in [-0.15, -0.1) is 0 Å². The summed E-state index contributed by atoms with van der Waals surface area (Å²) in [5.41, 5.74) is 9.67. The number of benzene rings is 2. The van der Waals surface area contributed by atoms with Crippen molar-refractivity contribution in [1.82, 2.24) is 4.57 Å². The lowest BCUT2D eigenvalue weighted by molar-refractivity contribution is 0.104. The Morgan fingerprint density at radius 2 is 1.95 bits per heavy atom. The molecule has 0 saturated heterocycles. The Morgan fingerprint density at radius 1 is 1.19 bits per heavy atom. The van der Waals surface area contributed by atoms with Gasteiger partial charge in [-0.2, -0.15) is 0 Å². The van der Waals surface area contributed by atoms with Gasteiger partial charge in [0, 0.05) is 46.0 Å². The number of nitrogen functional groups attached to an aromatic ring is 1. The Hall–Kier alpha value is -2.26. The van der Waals surface area contributed by atoms with E-state index in [2.05, 4.69) is 0 Å². The lowest BCUT2D eigenvalue weighted by atomic mass is 10.0. The van der Waals surface area contributed by atoms with Gasteiger partial charge in [-0.1, -0.05) is 17.7 Å². The number of carbonyl (C=O) groups is 1. The first-order valence-electron chi connectivity index (χ1n) is 6.63. The van der Waals surface area contributed by atoms with Crippen LogP contribution < -0.4 is 5.73 Å². The zero-order valence-corrected chi connectivity index (χ0v) is 12.6. The molecule has 3 aromatic rings. The number of nitrogens with zero attached hydrogens (tertiary/aromatic N) is 1. The van der Waals surface area contributed by atoms with Crippen molar-refractivity contribution in [1.29, 1.82) is 0 Å². The van der Waals surface area contributed by atoms with E-state index >= 15 is 0 Å². The lowest BCUT2D eigenvalue weighted by Crippen LogP contribution is -2.02. The number of rotatable bonds is 2. The molecule has 106 valence electrons. The molecule has 3 nitrogen and oxygen atoms in total. The zero-order valence-electron chi connectivity index (χ0n) is 11.9. The molecular formula is C17H15ClN2O. The average Bonchev–Trinajstić information content (AvgIpc) is 2.78. The number of ketones is 1. The van der Waals surface area contributed by atoms with Gasteiger partial charge in [0.25, 0.3) is 0 Å². The first kappa shape index (κ1) is 13.7. The van der Waals surface area contributed by atoms with Crippen LogP contribution in [0.25, 0.3) is 10.9 Å². The largest absolute Gasteiger partial charge is 0.399 e. The summed E-state index contributed by atoms with van der Waals surface area (Å²) in [6.07, 6.45) is 1.84. The maximum atomic E-state index is 12.7. The van der Waals surface area contributed by atoms with Gasteiger partial charge in [0.1, 0.15) is 0 Å². The predicted molar refractivity (Wildman–Crippen MR) is 87.0 cm³/mol. The van der Waals surface area contributed by atoms with Gasteiger partial charge in [0.2, 0.25) is 0 Å². The summed E-state index contributed by atoms with van der Waals surface area (Å²) in [5.74, 6) is -0.00831. The third kappa shape index (κ3) is 2.30. The highest BCUT2D eigenvalue weighted by molar-refractivity contribution is 6.31. The highest BCUT2D eigenvalue weighted by Crippen LogP contribution is 2.26. The molecule has 0 fully saturated rings. The van der Waals surface area contributed by atoms with Crippen LogP contribution in [0.15, 0.2) is 42.6 Å². The minimum atomic E-state index is -0.00831. The fraction of sp³-hybridized carbons (Fsp3) is 0.118. The Labute approximate surface area is 127 Å². The van der Waals surface area contributed by atoms with Crippen LogP contribution in [0, 0.1) is 6.92 Å². The molecule has 1 heterocycles. The van der Waals surface area contributed by atoms with Crippen LogP contribution in [0.4, 0.5) is 5.69 Å². The van der Waals surface area contributed by atoms with Crippen molar-refractivity contribution in [3.05, 3.63) is 64.3 Å². The summed E-state index contributed by atoms with van der Waals surface area (Å²) in [5, 5.41) is 1.56. The van der Waals surface area contributed by atoms with Crippen molar-refractivity contribution in [2.24, 2.45) is 7.05 Å². The van der Waals surface area contributed by atoms with E-state index in [-0.39, 0.29) is 5.78 Å². The molecule has 0 bridgehead atoms. The first-order valence-corrected chi connectivity index (χ1v) is 7.00. The number of nitrogens with two attached hydrogens (primary N) is 1. The van der Waals surface area contributed by atoms with Gasteiger partial charge in [-0.05, 0) is 42.8 Å². The molecule has 0 aliphatic heterocycles.